The van der Waals surface area contributed by atoms with E-state index in [0.29, 0.717) is 35.5 Å². The van der Waals surface area contributed by atoms with Crippen LogP contribution in [-0.2, 0) is 17.4 Å². The molecular formula is C25H19F4NO4. The maximum atomic E-state index is 13.8. The summed E-state index contributed by atoms with van der Waals surface area (Å²) in [6, 6.07) is 9.97. The number of hydrogen-bond acceptors (Lipinski definition) is 4. The standard InChI is InChI=1S/C25H19F4NO4/c26-22-8-1-13(11-30-22)24-18-5-7-20(17(18)4-6-19(24)25(27,28)29)34-15-2-3-16-14(9-23(31)32)12-33-21(16)10-15/h1-4,6,8,10-11,14,20H,5,7,9,12H2,(H,31,32)/t14-,20-/m1/s1. The largest absolute Gasteiger partial charge is 0.492 e. The van der Waals surface area contributed by atoms with E-state index in [1.165, 1.54) is 12.1 Å². The van der Waals surface area contributed by atoms with Crippen molar-refractivity contribution in [3.8, 4) is 22.6 Å². The lowest BCUT2D eigenvalue weighted by Crippen LogP contribution is -2.10. The van der Waals surface area contributed by atoms with Crippen LogP contribution in [0.15, 0.2) is 48.7 Å². The molecule has 176 valence electrons. The Labute approximate surface area is 192 Å². The number of benzene rings is 2. The van der Waals surface area contributed by atoms with Crippen molar-refractivity contribution < 1.29 is 36.9 Å². The topological polar surface area (TPSA) is 68.7 Å². The number of aliphatic carboxylic acids is 1. The molecule has 0 radical (unpaired) electrons. The fourth-order valence-corrected chi connectivity index (χ4v) is 4.75. The number of carboxylic acid groups (broad SMARTS) is 1. The Morgan fingerprint density at radius 3 is 2.65 bits per heavy atom. The van der Waals surface area contributed by atoms with Gasteiger partial charge in [0.15, 0.2) is 0 Å². The van der Waals surface area contributed by atoms with E-state index in [-0.39, 0.29) is 30.1 Å². The van der Waals surface area contributed by atoms with Crippen LogP contribution in [0, 0.1) is 5.95 Å². The molecule has 5 nitrogen and oxygen atoms in total. The summed E-state index contributed by atoms with van der Waals surface area (Å²) < 4.78 is 66.4. The Morgan fingerprint density at radius 2 is 1.94 bits per heavy atom. The molecular weight excluding hydrogens is 454 g/mol. The highest BCUT2D eigenvalue weighted by molar-refractivity contribution is 5.74. The molecule has 0 bridgehead atoms. The third kappa shape index (κ3) is 4.06. The van der Waals surface area contributed by atoms with Gasteiger partial charge >= 0.3 is 12.1 Å². The van der Waals surface area contributed by atoms with Crippen LogP contribution in [0.5, 0.6) is 11.5 Å². The number of hydrogen-bond donors (Lipinski definition) is 1. The minimum Gasteiger partial charge on any atom is -0.492 e. The summed E-state index contributed by atoms with van der Waals surface area (Å²) in [4.78, 5) is 14.6. The number of pyridine rings is 1. The molecule has 9 heteroatoms. The second-order valence-electron chi connectivity index (χ2n) is 8.37. The normalized spacial score (nSPS) is 18.8. The number of carboxylic acids is 1. The van der Waals surface area contributed by atoms with Crippen LogP contribution in [0.3, 0.4) is 0 Å². The summed E-state index contributed by atoms with van der Waals surface area (Å²) in [7, 11) is 0. The Morgan fingerprint density at radius 1 is 1.15 bits per heavy atom. The summed E-state index contributed by atoms with van der Waals surface area (Å²) in [5.41, 5.74) is 1.34. The van der Waals surface area contributed by atoms with Gasteiger partial charge in [0.1, 0.15) is 17.6 Å². The first-order chi connectivity index (χ1) is 16.2. The number of aromatic nitrogens is 1. The molecule has 34 heavy (non-hydrogen) atoms. The Bertz CT molecular complexity index is 1260. The molecule has 1 aliphatic carbocycles. The van der Waals surface area contributed by atoms with Crippen molar-refractivity contribution in [1.82, 2.24) is 4.98 Å². The quantitative estimate of drug-likeness (QED) is 0.368. The van der Waals surface area contributed by atoms with Gasteiger partial charge < -0.3 is 14.6 Å². The van der Waals surface area contributed by atoms with Gasteiger partial charge in [-0.2, -0.15) is 17.6 Å². The van der Waals surface area contributed by atoms with Gasteiger partial charge in [0, 0.05) is 29.3 Å². The lowest BCUT2D eigenvalue weighted by molar-refractivity contribution is -0.138. The predicted molar refractivity (Wildman–Crippen MR) is 113 cm³/mol. The van der Waals surface area contributed by atoms with Crippen molar-refractivity contribution in [3.05, 3.63) is 76.9 Å². The smallest absolute Gasteiger partial charge is 0.417 e. The van der Waals surface area contributed by atoms with E-state index in [1.54, 1.807) is 18.2 Å². The van der Waals surface area contributed by atoms with Crippen molar-refractivity contribution >= 4 is 5.97 Å². The molecule has 1 aromatic heterocycles. The highest BCUT2D eigenvalue weighted by Crippen LogP contribution is 2.47. The molecule has 0 saturated heterocycles. The summed E-state index contributed by atoms with van der Waals surface area (Å²) in [6.45, 7) is 0.270. The van der Waals surface area contributed by atoms with E-state index in [0.717, 1.165) is 23.9 Å². The zero-order chi connectivity index (χ0) is 24.0. The van der Waals surface area contributed by atoms with Crippen LogP contribution in [0.2, 0.25) is 0 Å². The van der Waals surface area contributed by atoms with E-state index in [9.17, 15) is 22.4 Å². The second kappa shape index (κ2) is 8.30. The zero-order valence-electron chi connectivity index (χ0n) is 17.7. The van der Waals surface area contributed by atoms with Gasteiger partial charge in [-0.3, -0.25) is 4.79 Å². The first-order valence-corrected chi connectivity index (χ1v) is 10.7. The van der Waals surface area contributed by atoms with Crippen molar-refractivity contribution in [2.75, 3.05) is 6.61 Å². The second-order valence-corrected chi connectivity index (χ2v) is 8.37. The monoisotopic (exact) mass is 473 g/mol. The summed E-state index contributed by atoms with van der Waals surface area (Å²) >= 11 is 0. The SMILES string of the molecule is O=C(O)C[C@@H]1COc2cc(O[C@@H]3CCc4c3ccc(C(F)(F)F)c4-c3ccc(F)nc3)ccc21. The van der Waals surface area contributed by atoms with Crippen molar-refractivity contribution in [1.29, 1.82) is 0 Å². The predicted octanol–water partition coefficient (Wildman–Crippen LogP) is 5.92. The molecule has 5 rings (SSSR count). The Hall–Kier alpha value is -3.62. The summed E-state index contributed by atoms with van der Waals surface area (Å²) in [6.07, 6.45) is -3.15. The Balaban J connectivity index is 1.47. The fourth-order valence-electron chi connectivity index (χ4n) is 4.75. The van der Waals surface area contributed by atoms with Crippen LogP contribution < -0.4 is 9.47 Å². The molecule has 1 N–H and O–H groups in total. The molecule has 0 unspecified atom stereocenters. The molecule has 3 aromatic rings. The van der Waals surface area contributed by atoms with Crippen molar-refractivity contribution in [3.63, 3.8) is 0 Å². The number of rotatable bonds is 5. The molecule has 1 aliphatic heterocycles. The zero-order valence-corrected chi connectivity index (χ0v) is 17.7. The van der Waals surface area contributed by atoms with Crippen LogP contribution in [0.25, 0.3) is 11.1 Å². The molecule has 2 atom stereocenters. The van der Waals surface area contributed by atoms with Crippen molar-refractivity contribution in [2.24, 2.45) is 0 Å². The van der Waals surface area contributed by atoms with E-state index in [1.807, 2.05) is 0 Å². The number of halogens is 4. The minimum absolute atomic E-state index is 0.00241. The number of alkyl halides is 3. The maximum Gasteiger partial charge on any atom is 0.417 e. The maximum absolute atomic E-state index is 13.8. The van der Waals surface area contributed by atoms with Gasteiger partial charge in [0.2, 0.25) is 5.95 Å². The van der Waals surface area contributed by atoms with Gasteiger partial charge in [0.05, 0.1) is 18.6 Å². The van der Waals surface area contributed by atoms with Gasteiger partial charge in [-0.25, -0.2) is 4.98 Å². The summed E-state index contributed by atoms with van der Waals surface area (Å²) in [5, 5.41) is 9.05. The molecule has 2 aliphatic rings. The van der Waals surface area contributed by atoms with Gasteiger partial charge in [-0.1, -0.05) is 12.1 Å². The van der Waals surface area contributed by atoms with Gasteiger partial charge in [-0.05, 0) is 53.8 Å². The van der Waals surface area contributed by atoms with Crippen LogP contribution in [0.1, 0.15) is 47.1 Å². The number of nitrogens with zero attached hydrogens (tertiary/aromatic N) is 1. The van der Waals surface area contributed by atoms with E-state index >= 15 is 0 Å². The summed E-state index contributed by atoms with van der Waals surface area (Å²) in [5.74, 6) is -0.878. The van der Waals surface area contributed by atoms with Crippen LogP contribution in [-0.4, -0.2) is 22.7 Å². The highest BCUT2D eigenvalue weighted by atomic mass is 19.4. The van der Waals surface area contributed by atoms with E-state index in [2.05, 4.69) is 4.98 Å². The molecule has 0 saturated carbocycles. The fraction of sp³-hybridized carbons (Fsp3) is 0.280. The average Bonchev–Trinajstić information content (AvgIpc) is 3.37. The number of ether oxygens (including phenoxy) is 2. The van der Waals surface area contributed by atoms with Gasteiger partial charge in [-0.15, -0.1) is 0 Å². The first-order valence-electron chi connectivity index (χ1n) is 10.7. The average molecular weight is 473 g/mol. The molecule has 0 spiro atoms. The van der Waals surface area contributed by atoms with Gasteiger partial charge in [0.25, 0.3) is 0 Å². The minimum atomic E-state index is -4.58. The molecule has 0 fully saturated rings. The molecule has 2 heterocycles. The Kier molecular flexibility index (Phi) is 5.42. The molecule has 2 aromatic carbocycles. The first kappa shape index (κ1) is 22.2. The molecule has 0 amide bonds. The van der Waals surface area contributed by atoms with E-state index < -0.39 is 29.8 Å². The van der Waals surface area contributed by atoms with E-state index in [4.69, 9.17) is 14.6 Å². The van der Waals surface area contributed by atoms with Crippen LogP contribution >= 0.6 is 0 Å². The lowest BCUT2D eigenvalue weighted by atomic mass is 9.92. The lowest BCUT2D eigenvalue weighted by Gasteiger charge is -2.19. The van der Waals surface area contributed by atoms with Crippen molar-refractivity contribution in [2.45, 2.75) is 37.5 Å². The third-order valence-corrected chi connectivity index (χ3v) is 6.24. The van der Waals surface area contributed by atoms with Crippen LogP contribution in [0.4, 0.5) is 17.6 Å². The third-order valence-electron chi connectivity index (χ3n) is 6.24. The number of carbonyl (C=O) groups is 1. The highest BCUT2D eigenvalue weighted by Gasteiger charge is 2.38. The number of fused-ring (bicyclic) bond motifs is 2.